The van der Waals surface area contributed by atoms with Gasteiger partial charge in [0, 0.05) is 6.54 Å². The first-order valence-corrected chi connectivity index (χ1v) is 5.55. The van der Waals surface area contributed by atoms with Gasteiger partial charge in [-0.1, -0.05) is 0 Å². The maximum atomic E-state index is 11.7. The third-order valence-corrected chi connectivity index (χ3v) is 2.53. The molecule has 1 saturated heterocycles. The molecule has 1 rings (SSSR count). The lowest BCUT2D eigenvalue weighted by Gasteiger charge is -2.22. The van der Waals surface area contributed by atoms with Gasteiger partial charge in [0.25, 0.3) is 0 Å². The number of hydrogen-bond acceptors (Lipinski definition) is 4. The number of likely N-dealkylation sites (tertiary alicyclic amines) is 1. The summed E-state index contributed by atoms with van der Waals surface area (Å²) in [6.07, 6.45) is 1.31. The van der Waals surface area contributed by atoms with Crippen LogP contribution in [-0.2, 0) is 14.3 Å². The molecule has 1 heterocycles. The molecular formula is C10H17N3O4. The molecule has 3 amide bonds. The highest BCUT2D eigenvalue weighted by Gasteiger charge is 2.32. The topological polar surface area (TPSA) is 102 Å². The van der Waals surface area contributed by atoms with Gasteiger partial charge in [-0.25, -0.2) is 4.79 Å². The number of hydrogen-bond donors (Lipinski definition) is 2. The molecule has 0 bridgehead atoms. The minimum Gasteiger partial charge on any atom is -0.465 e. The second-order valence-corrected chi connectivity index (χ2v) is 3.72. The minimum atomic E-state index is -0.572. The number of carbonyl (C=O) groups excluding carboxylic acids is 3. The van der Waals surface area contributed by atoms with Crippen LogP contribution < -0.4 is 11.1 Å². The number of primary amides is 1. The van der Waals surface area contributed by atoms with Gasteiger partial charge in [0.05, 0.1) is 6.61 Å². The van der Waals surface area contributed by atoms with Crippen molar-refractivity contribution in [3.05, 3.63) is 0 Å². The van der Waals surface area contributed by atoms with Crippen molar-refractivity contribution in [1.82, 2.24) is 10.2 Å². The second kappa shape index (κ2) is 6.07. The Morgan fingerprint density at radius 3 is 2.76 bits per heavy atom. The summed E-state index contributed by atoms with van der Waals surface area (Å²) in [7, 11) is 0. The highest BCUT2D eigenvalue weighted by molar-refractivity contribution is 5.87. The molecule has 96 valence electrons. The van der Waals surface area contributed by atoms with Gasteiger partial charge in [-0.2, -0.15) is 0 Å². The molecule has 1 unspecified atom stereocenters. The van der Waals surface area contributed by atoms with E-state index >= 15 is 0 Å². The summed E-state index contributed by atoms with van der Waals surface area (Å²) in [5.74, 6) is -1.02. The van der Waals surface area contributed by atoms with Gasteiger partial charge in [-0.3, -0.25) is 9.59 Å². The maximum Gasteiger partial charge on any atom is 0.325 e. The quantitative estimate of drug-likeness (QED) is 0.631. The van der Waals surface area contributed by atoms with Crippen molar-refractivity contribution in [2.24, 2.45) is 5.73 Å². The number of esters is 1. The summed E-state index contributed by atoms with van der Waals surface area (Å²) < 4.78 is 4.67. The van der Waals surface area contributed by atoms with Gasteiger partial charge in [0.1, 0.15) is 12.6 Å². The van der Waals surface area contributed by atoms with Crippen molar-refractivity contribution in [2.45, 2.75) is 25.8 Å². The Labute approximate surface area is 99.3 Å². The van der Waals surface area contributed by atoms with Crippen molar-refractivity contribution in [3.63, 3.8) is 0 Å². The zero-order chi connectivity index (χ0) is 12.8. The Morgan fingerprint density at radius 2 is 2.18 bits per heavy atom. The van der Waals surface area contributed by atoms with E-state index in [-0.39, 0.29) is 13.2 Å². The van der Waals surface area contributed by atoms with Crippen LogP contribution in [0.3, 0.4) is 0 Å². The van der Waals surface area contributed by atoms with E-state index in [1.165, 1.54) is 4.90 Å². The van der Waals surface area contributed by atoms with Gasteiger partial charge in [0.2, 0.25) is 5.91 Å². The monoisotopic (exact) mass is 243 g/mol. The Morgan fingerprint density at radius 1 is 1.47 bits per heavy atom. The Hall–Kier alpha value is -1.79. The van der Waals surface area contributed by atoms with E-state index < -0.39 is 23.9 Å². The zero-order valence-corrected chi connectivity index (χ0v) is 9.77. The summed E-state index contributed by atoms with van der Waals surface area (Å²) in [5, 5.41) is 2.40. The number of ether oxygens (including phenoxy) is 1. The van der Waals surface area contributed by atoms with Crippen molar-refractivity contribution in [2.75, 3.05) is 19.7 Å². The summed E-state index contributed by atoms with van der Waals surface area (Å²) in [6, 6.07) is -1.03. The van der Waals surface area contributed by atoms with Crippen molar-refractivity contribution >= 4 is 17.9 Å². The Balaban J connectivity index is 2.42. The Kier molecular flexibility index (Phi) is 4.74. The molecule has 17 heavy (non-hydrogen) atoms. The van der Waals surface area contributed by atoms with E-state index in [2.05, 4.69) is 10.1 Å². The molecule has 3 N–H and O–H groups in total. The number of rotatable bonds is 4. The van der Waals surface area contributed by atoms with Crippen LogP contribution in [0.1, 0.15) is 19.8 Å². The number of carbonyl (C=O) groups is 3. The van der Waals surface area contributed by atoms with E-state index in [0.29, 0.717) is 13.0 Å². The third kappa shape index (κ3) is 3.61. The molecule has 0 aliphatic carbocycles. The normalized spacial score (nSPS) is 18.9. The number of amides is 3. The Bertz CT molecular complexity index is 319. The van der Waals surface area contributed by atoms with Crippen LogP contribution in [0.2, 0.25) is 0 Å². The molecule has 1 aliphatic heterocycles. The lowest BCUT2D eigenvalue weighted by Crippen LogP contribution is -2.49. The molecular weight excluding hydrogens is 226 g/mol. The van der Waals surface area contributed by atoms with Gasteiger partial charge >= 0.3 is 12.0 Å². The fourth-order valence-electron chi connectivity index (χ4n) is 1.77. The second-order valence-electron chi connectivity index (χ2n) is 3.72. The molecule has 0 saturated carbocycles. The van der Waals surface area contributed by atoms with E-state index in [1.54, 1.807) is 6.92 Å². The highest BCUT2D eigenvalue weighted by atomic mass is 16.5. The van der Waals surface area contributed by atoms with Gasteiger partial charge in [0.15, 0.2) is 0 Å². The summed E-state index contributed by atoms with van der Waals surface area (Å²) in [5.41, 5.74) is 5.18. The molecule has 0 spiro atoms. The number of nitrogens with two attached hydrogens (primary N) is 1. The van der Waals surface area contributed by atoms with Gasteiger partial charge in [-0.15, -0.1) is 0 Å². The third-order valence-electron chi connectivity index (χ3n) is 2.53. The first-order valence-electron chi connectivity index (χ1n) is 5.55. The van der Waals surface area contributed by atoms with Crippen LogP contribution in [0, 0.1) is 0 Å². The van der Waals surface area contributed by atoms with E-state index in [4.69, 9.17) is 5.73 Å². The SMILES string of the molecule is CCOC(=O)CNC(=O)N1CCCC1C(N)=O. The number of nitrogens with zero attached hydrogens (tertiary/aromatic N) is 1. The first kappa shape index (κ1) is 13.3. The largest absolute Gasteiger partial charge is 0.465 e. The van der Waals surface area contributed by atoms with Crippen molar-refractivity contribution in [3.8, 4) is 0 Å². The molecule has 1 atom stereocenters. The van der Waals surface area contributed by atoms with Crippen LogP contribution in [0.4, 0.5) is 4.79 Å². The number of nitrogens with one attached hydrogen (secondary N) is 1. The van der Waals surface area contributed by atoms with Gasteiger partial charge in [-0.05, 0) is 19.8 Å². The lowest BCUT2D eigenvalue weighted by molar-refractivity contribution is -0.141. The minimum absolute atomic E-state index is 0.200. The zero-order valence-electron chi connectivity index (χ0n) is 9.77. The van der Waals surface area contributed by atoms with Crippen LogP contribution in [-0.4, -0.2) is 48.5 Å². The fraction of sp³-hybridized carbons (Fsp3) is 0.700. The molecule has 0 aromatic heterocycles. The number of urea groups is 1. The standard InChI is InChI=1S/C10H17N3O4/c1-2-17-8(14)6-12-10(16)13-5-3-4-7(13)9(11)15/h7H,2-6H2,1H3,(H2,11,15)(H,12,16). The first-order chi connectivity index (χ1) is 8.06. The molecule has 1 aliphatic rings. The molecule has 0 aromatic rings. The molecule has 7 nitrogen and oxygen atoms in total. The van der Waals surface area contributed by atoms with Crippen LogP contribution in [0.15, 0.2) is 0 Å². The maximum absolute atomic E-state index is 11.7. The van der Waals surface area contributed by atoms with E-state index in [1.807, 2.05) is 0 Å². The van der Waals surface area contributed by atoms with Crippen molar-refractivity contribution in [1.29, 1.82) is 0 Å². The average molecular weight is 243 g/mol. The molecule has 0 aromatic carbocycles. The fourth-order valence-corrected chi connectivity index (χ4v) is 1.77. The van der Waals surface area contributed by atoms with Crippen LogP contribution in [0.25, 0.3) is 0 Å². The van der Waals surface area contributed by atoms with Crippen LogP contribution in [0.5, 0.6) is 0 Å². The average Bonchev–Trinajstić information content (AvgIpc) is 2.75. The predicted octanol–water partition coefficient (Wildman–Crippen LogP) is -0.791. The lowest BCUT2D eigenvalue weighted by atomic mass is 10.2. The van der Waals surface area contributed by atoms with E-state index in [9.17, 15) is 14.4 Å². The van der Waals surface area contributed by atoms with Gasteiger partial charge < -0.3 is 20.7 Å². The van der Waals surface area contributed by atoms with E-state index in [0.717, 1.165) is 6.42 Å². The predicted molar refractivity (Wildman–Crippen MR) is 59.0 cm³/mol. The van der Waals surface area contributed by atoms with Crippen LogP contribution >= 0.6 is 0 Å². The summed E-state index contributed by atoms with van der Waals surface area (Å²) >= 11 is 0. The smallest absolute Gasteiger partial charge is 0.325 e. The highest BCUT2D eigenvalue weighted by Crippen LogP contribution is 2.16. The summed E-state index contributed by atoms with van der Waals surface area (Å²) in [4.78, 5) is 35.1. The molecule has 1 fully saturated rings. The van der Waals surface area contributed by atoms with Crippen molar-refractivity contribution < 1.29 is 19.1 Å². The molecule has 7 heteroatoms. The summed E-state index contributed by atoms with van der Waals surface area (Å²) in [6.45, 7) is 2.22. The molecule has 0 radical (unpaired) electrons.